The van der Waals surface area contributed by atoms with Crippen molar-refractivity contribution in [3.05, 3.63) is 47.4 Å². The fraction of sp³-hybridized carbons (Fsp3) is 0.0714. The molecule has 2 aromatic heterocycles. The summed E-state index contributed by atoms with van der Waals surface area (Å²) in [4.78, 5) is 10.7. The van der Waals surface area contributed by atoms with E-state index in [4.69, 9.17) is 43.6 Å². The zero-order chi connectivity index (χ0) is 15.7. The van der Waals surface area contributed by atoms with E-state index >= 15 is 0 Å². The van der Waals surface area contributed by atoms with Crippen LogP contribution in [-0.2, 0) is 3.79 Å². The molecule has 0 bridgehead atoms. The lowest BCUT2D eigenvalue weighted by Crippen LogP contribution is -1.99. The summed E-state index contributed by atoms with van der Waals surface area (Å²) >= 11 is 16.9. The number of carbonyl (C=O) groups is 1. The Morgan fingerprint density at radius 1 is 1.05 bits per heavy atom. The van der Waals surface area contributed by atoms with Crippen LogP contribution in [0.15, 0.2) is 33.1 Å². The van der Waals surface area contributed by atoms with Gasteiger partial charge in [0.05, 0.1) is 0 Å². The zero-order valence-electron chi connectivity index (χ0n) is 10.8. The highest BCUT2D eigenvalue weighted by molar-refractivity contribution is 6.66. The van der Waals surface area contributed by atoms with Gasteiger partial charge >= 0.3 is 0 Å². The Morgan fingerprint density at radius 2 is 1.86 bits per heavy atom. The average molecular weight is 358 g/mol. The number of halogens is 3. The average Bonchev–Trinajstić information content (AvgIpc) is 3.10. The minimum Gasteiger partial charge on any atom is -0.457 e. The summed E-state index contributed by atoms with van der Waals surface area (Å²) in [7, 11) is 0. The number of fused-ring (bicyclic) bond motifs is 1. The summed E-state index contributed by atoms with van der Waals surface area (Å²) in [5.74, 6) is 0.624. The highest BCUT2D eigenvalue weighted by Crippen LogP contribution is 2.37. The Bertz CT molecular complexity index is 862. The van der Waals surface area contributed by atoms with Crippen molar-refractivity contribution in [1.82, 2.24) is 10.2 Å². The number of rotatable bonds is 3. The van der Waals surface area contributed by atoms with Crippen LogP contribution in [0.1, 0.15) is 27.9 Å². The van der Waals surface area contributed by atoms with Crippen molar-refractivity contribution in [2.24, 2.45) is 0 Å². The highest BCUT2D eigenvalue weighted by atomic mass is 35.6. The van der Waals surface area contributed by atoms with E-state index in [1.807, 2.05) is 6.07 Å². The van der Waals surface area contributed by atoms with Gasteiger partial charge in [0.1, 0.15) is 17.6 Å². The molecule has 0 aliphatic heterocycles. The maximum Gasteiger partial charge on any atom is 0.268 e. The molecule has 112 valence electrons. The van der Waals surface area contributed by atoms with Crippen molar-refractivity contribution >= 4 is 64.2 Å². The number of nitrogens with zero attached hydrogens (tertiary/aromatic N) is 2. The van der Waals surface area contributed by atoms with E-state index in [2.05, 4.69) is 10.2 Å². The van der Waals surface area contributed by atoms with Gasteiger partial charge in [-0.25, -0.2) is 0 Å². The third-order valence-electron chi connectivity index (χ3n) is 2.77. The second kappa shape index (κ2) is 5.76. The second-order valence-corrected chi connectivity index (χ2v) is 6.62. The second-order valence-electron chi connectivity index (χ2n) is 4.34. The Hall–Kier alpha value is -1.82. The number of hydrogen-bond acceptors (Lipinski definition) is 5. The molecule has 3 aromatic rings. The minimum atomic E-state index is -1.76. The standard InChI is InChI=1S/C14H7Cl3N2O3/c15-14(16,17)13-19-18-12(22-13)4-3-10-6-9-2-1-8(7-20)5-11(9)21-10/h1-7H. The molecule has 0 N–H and O–H groups in total. The first kappa shape index (κ1) is 15.1. The Labute approximate surface area is 139 Å². The van der Waals surface area contributed by atoms with E-state index in [0.29, 0.717) is 16.9 Å². The molecule has 22 heavy (non-hydrogen) atoms. The summed E-state index contributed by atoms with van der Waals surface area (Å²) in [5, 5.41) is 8.24. The number of benzene rings is 1. The number of furan rings is 1. The minimum absolute atomic E-state index is 0.114. The molecule has 8 heteroatoms. The number of hydrogen-bond donors (Lipinski definition) is 0. The highest BCUT2D eigenvalue weighted by Gasteiger charge is 2.29. The van der Waals surface area contributed by atoms with Crippen molar-refractivity contribution in [2.45, 2.75) is 3.79 Å². The normalized spacial score (nSPS) is 12.3. The Balaban J connectivity index is 1.86. The molecule has 2 heterocycles. The molecule has 0 amide bonds. The largest absolute Gasteiger partial charge is 0.457 e. The Kier molecular flexibility index (Phi) is 3.95. The lowest BCUT2D eigenvalue weighted by Gasteiger charge is -2.01. The molecule has 1 aromatic carbocycles. The molecule has 0 fully saturated rings. The molecule has 0 saturated heterocycles. The molecular weight excluding hydrogens is 351 g/mol. The fourth-order valence-electron chi connectivity index (χ4n) is 1.79. The first-order chi connectivity index (χ1) is 10.5. The van der Waals surface area contributed by atoms with Gasteiger partial charge in [0.15, 0.2) is 0 Å². The molecule has 5 nitrogen and oxygen atoms in total. The van der Waals surface area contributed by atoms with Crippen molar-refractivity contribution < 1.29 is 13.6 Å². The first-order valence-corrected chi connectivity index (χ1v) is 7.16. The van der Waals surface area contributed by atoms with E-state index in [1.165, 1.54) is 6.08 Å². The van der Waals surface area contributed by atoms with E-state index in [0.717, 1.165) is 11.7 Å². The number of aromatic nitrogens is 2. The molecule has 0 radical (unpaired) electrons. The quantitative estimate of drug-likeness (QED) is 0.505. The molecule has 3 rings (SSSR count). The molecule has 0 saturated carbocycles. The maximum absolute atomic E-state index is 10.7. The van der Waals surface area contributed by atoms with E-state index < -0.39 is 3.79 Å². The summed E-state index contributed by atoms with van der Waals surface area (Å²) < 4.78 is 9.02. The van der Waals surface area contributed by atoms with E-state index in [-0.39, 0.29) is 11.8 Å². The maximum atomic E-state index is 10.7. The van der Waals surface area contributed by atoms with Gasteiger partial charge < -0.3 is 8.83 Å². The third-order valence-corrected chi connectivity index (χ3v) is 3.26. The molecule has 0 aliphatic rings. The van der Waals surface area contributed by atoms with Crippen LogP contribution in [0, 0.1) is 0 Å². The van der Waals surface area contributed by atoms with Gasteiger partial charge in [0.2, 0.25) is 5.89 Å². The Morgan fingerprint density at radius 3 is 2.55 bits per heavy atom. The van der Waals surface area contributed by atoms with Gasteiger partial charge in [-0.15, -0.1) is 10.2 Å². The van der Waals surface area contributed by atoms with Crippen molar-refractivity contribution in [3.63, 3.8) is 0 Å². The molecule has 0 atom stereocenters. The summed E-state index contributed by atoms with van der Waals surface area (Å²) in [6, 6.07) is 6.98. The van der Waals surface area contributed by atoms with Gasteiger partial charge in [-0.2, -0.15) is 0 Å². The van der Waals surface area contributed by atoms with Gasteiger partial charge in [0.25, 0.3) is 9.68 Å². The lowest BCUT2D eigenvalue weighted by molar-refractivity contribution is 0.112. The van der Waals surface area contributed by atoms with Gasteiger partial charge in [-0.1, -0.05) is 46.9 Å². The molecular formula is C14H7Cl3N2O3. The van der Waals surface area contributed by atoms with Gasteiger partial charge in [-0.05, 0) is 18.2 Å². The molecule has 0 aliphatic carbocycles. The van der Waals surface area contributed by atoms with E-state index in [1.54, 1.807) is 24.3 Å². The number of aldehydes is 1. The van der Waals surface area contributed by atoms with Crippen LogP contribution in [0.4, 0.5) is 0 Å². The van der Waals surface area contributed by atoms with Crippen LogP contribution in [-0.4, -0.2) is 16.5 Å². The van der Waals surface area contributed by atoms with Crippen LogP contribution < -0.4 is 0 Å². The summed E-state index contributed by atoms with van der Waals surface area (Å²) in [5.41, 5.74) is 1.15. The van der Waals surface area contributed by atoms with Gasteiger partial charge in [0, 0.05) is 17.0 Å². The van der Waals surface area contributed by atoms with Crippen LogP contribution in [0.25, 0.3) is 23.1 Å². The zero-order valence-corrected chi connectivity index (χ0v) is 13.1. The van der Waals surface area contributed by atoms with Crippen LogP contribution in [0.5, 0.6) is 0 Å². The third kappa shape index (κ3) is 3.16. The summed E-state index contributed by atoms with van der Waals surface area (Å²) in [6.45, 7) is 0. The molecule has 0 spiro atoms. The van der Waals surface area contributed by atoms with Crippen molar-refractivity contribution in [1.29, 1.82) is 0 Å². The topological polar surface area (TPSA) is 69.1 Å². The lowest BCUT2D eigenvalue weighted by atomic mass is 10.2. The summed E-state index contributed by atoms with van der Waals surface area (Å²) in [6.07, 6.45) is 3.93. The fourth-order valence-corrected chi connectivity index (χ4v) is 2.02. The smallest absolute Gasteiger partial charge is 0.268 e. The van der Waals surface area contributed by atoms with Crippen LogP contribution in [0.2, 0.25) is 0 Å². The molecule has 0 unspecified atom stereocenters. The van der Waals surface area contributed by atoms with Crippen molar-refractivity contribution in [3.8, 4) is 0 Å². The van der Waals surface area contributed by atoms with Gasteiger partial charge in [-0.3, -0.25) is 4.79 Å². The number of carbonyl (C=O) groups excluding carboxylic acids is 1. The monoisotopic (exact) mass is 356 g/mol. The SMILES string of the molecule is O=Cc1ccc2cc(C=Cc3nnc(C(Cl)(Cl)Cl)o3)oc2c1. The number of alkyl halides is 3. The van der Waals surface area contributed by atoms with E-state index in [9.17, 15) is 4.79 Å². The van der Waals surface area contributed by atoms with Crippen LogP contribution >= 0.6 is 34.8 Å². The predicted octanol–water partition coefficient (Wildman–Crippen LogP) is 4.63. The first-order valence-electron chi connectivity index (χ1n) is 6.03. The van der Waals surface area contributed by atoms with Crippen molar-refractivity contribution in [2.75, 3.05) is 0 Å². The van der Waals surface area contributed by atoms with Crippen LogP contribution in [0.3, 0.4) is 0 Å². The predicted molar refractivity (Wildman–Crippen MR) is 84.1 cm³/mol.